The third-order valence-electron chi connectivity index (χ3n) is 4.88. The maximum atomic E-state index is 4.87. The molecule has 24 heavy (non-hydrogen) atoms. The second kappa shape index (κ2) is 8.32. The van der Waals surface area contributed by atoms with Gasteiger partial charge in [-0.2, -0.15) is 0 Å². The van der Waals surface area contributed by atoms with Crippen molar-refractivity contribution in [3.8, 4) is 0 Å². The highest BCUT2D eigenvalue weighted by Gasteiger charge is 2.31. The number of fused-ring (bicyclic) bond motifs is 3. The number of aryl methyl sites for hydroxylation is 1. The van der Waals surface area contributed by atoms with Gasteiger partial charge in [0.05, 0.1) is 6.54 Å². The monoisotopic (exact) mass is 349 g/mol. The molecule has 3 fully saturated rings. The average Bonchev–Trinajstić information content (AvgIpc) is 2.98. The number of nitrogens with zero attached hydrogens (tertiary/aromatic N) is 3. The van der Waals surface area contributed by atoms with Gasteiger partial charge in [-0.3, -0.25) is 14.8 Å². The SMILES string of the molecule is CCNC(=NCC1CN2CCN1CC2)NC(C)Cc1ccc(C)s1. The topological polar surface area (TPSA) is 42.9 Å². The molecule has 3 aliphatic rings. The molecule has 4 heterocycles. The molecule has 2 bridgehead atoms. The predicted octanol–water partition coefficient (Wildman–Crippen LogP) is 1.54. The van der Waals surface area contributed by atoms with Gasteiger partial charge in [0.2, 0.25) is 0 Å². The van der Waals surface area contributed by atoms with Crippen LogP contribution in [0.4, 0.5) is 0 Å². The quantitative estimate of drug-likeness (QED) is 0.604. The Morgan fingerprint density at radius 1 is 1.33 bits per heavy atom. The van der Waals surface area contributed by atoms with Gasteiger partial charge in [0.25, 0.3) is 0 Å². The van der Waals surface area contributed by atoms with E-state index in [-0.39, 0.29) is 0 Å². The van der Waals surface area contributed by atoms with Crippen molar-refractivity contribution in [2.75, 3.05) is 45.8 Å². The minimum absolute atomic E-state index is 0.382. The van der Waals surface area contributed by atoms with E-state index in [1.54, 1.807) is 0 Å². The third-order valence-corrected chi connectivity index (χ3v) is 5.91. The zero-order valence-corrected chi connectivity index (χ0v) is 16.0. The normalized spacial score (nSPS) is 28.0. The van der Waals surface area contributed by atoms with Crippen LogP contribution in [0.15, 0.2) is 17.1 Å². The van der Waals surface area contributed by atoms with Gasteiger partial charge >= 0.3 is 0 Å². The molecule has 1 aromatic heterocycles. The smallest absolute Gasteiger partial charge is 0.191 e. The molecular weight excluding hydrogens is 318 g/mol. The summed E-state index contributed by atoms with van der Waals surface area (Å²) in [6.07, 6.45) is 1.05. The molecule has 0 amide bonds. The minimum atomic E-state index is 0.382. The van der Waals surface area contributed by atoms with Crippen molar-refractivity contribution < 1.29 is 0 Å². The van der Waals surface area contributed by atoms with E-state index in [9.17, 15) is 0 Å². The van der Waals surface area contributed by atoms with Crippen LogP contribution in [0.5, 0.6) is 0 Å². The Morgan fingerprint density at radius 3 is 2.71 bits per heavy atom. The highest BCUT2D eigenvalue weighted by atomic mass is 32.1. The summed E-state index contributed by atoms with van der Waals surface area (Å²) in [6.45, 7) is 14.4. The van der Waals surface area contributed by atoms with Gasteiger partial charge in [0.1, 0.15) is 0 Å². The summed E-state index contributed by atoms with van der Waals surface area (Å²) in [5.41, 5.74) is 0. The van der Waals surface area contributed by atoms with E-state index in [1.165, 1.54) is 42.5 Å². The van der Waals surface area contributed by atoms with Crippen LogP contribution in [-0.4, -0.2) is 73.7 Å². The van der Waals surface area contributed by atoms with Crippen LogP contribution in [0.1, 0.15) is 23.6 Å². The Kier molecular flexibility index (Phi) is 6.14. The van der Waals surface area contributed by atoms with Crippen LogP contribution in [0.3, 0.4) is 0 Å². The number of guanidine groups is 1. The molecule has 2 unspecified atom stereocenters. The van der Waals surface area contributed by atoms with E-state index < -0.39 is 0 Å². The first kappa shape index (κ1) is 17.7. The summed E-state index contributed by atoms with van der Waals surface area (Å²) >= 11 is 1.89. The van der Waals surface area contributed by atoms with Crippen molar-refractivity contribution >= 4 is 17.3 Å². The Morgan fingerprint density at radius 2 is 2.12 bits per heavy atom. The molecule has 0 aromatic carbocycles. The molecule has 0 spiro atoms. The van der Waals surface area contributed by atoms with Crippen LogP contribution in [0.25, 0.3) is 0 Å². The van der Waals surface area contributed by atoms with Crippen LogP contribution in [0.2, 0.25) is 0 Å². The van der Waals surface area contributed by atoms with E-state index in [0.29, 0.717) is 12.1 Å². The predicted molar refractivity (Wildman–Crippen MR) is 103 cm³/mol. The molecule has 3 aliphatic heterocycles. The van der Waals surface area contributed by atoms with Gasteiger partial charge in [-0.1, -0.05) is 0 Å². The number of rotatable bonds is 6. The van der Waals surface area contributed by atoms with E-state index >= 15 is 0 Å². The van der Waals surface area contributed by atoms with E-state index in [1.807, 2.05) is 11.3 Å². The third kappa shape index (κ3) is 4.71. The van der Waals surface area contributed by atoms with Gasteiger partial charge in [0.15, 0.2) is 5.96 Å². The maximum Gasteiger partial charge on any atom is 0.191 e. The zero-order chi connectivity index (χ0) is 16.9. The van der Waals surface area contributed by atoms with Crippen molar-refractivity contribution in [2.24, 2.45) is 4.99 Å². The summed E-state index contributed by atoms with van der Waals surface area (Å²) in [6, 6.07) is 5.40. The van der Waals surface area contributed by atoms with Crippen molar-refractivity contribution in [1.82, 2.24) is 20.4 Å². The lowest BCUT2D eigenvalue weighted by atomic mass is 10.1. The van der Waals surface area contributed by atoms with Crippen molar-refractivity contribution in [2.45, 2.75) is 39.3 Å². The second-order valence-corrected chi connectivity index (χ2v) is 8.34. The number of nitrogens with one attached hydrogen (secondary N) is 2. The van der Waals surface area contributed by atoms with E-state index in [4.69, 9.17) is 4.99 Å². The van der Waals surface area contributed by atoms with Crippen molar-refractivity contribution in [1.29, 1.82) is 0 Å². The zero-order valence-electron chi connectivity index (χ0n) is 15.2. The Bertz CT molecular complexity index is 547. The molecule has 6 heteroatoms. The summed E-state index contributed by atoms with van der Waals surface area (Å²) in [4.78, 5) is 12.9. The Labute approximate surface area is 150 Å². The molecule has 5 nitrogen and oxygen atoms in total. The lowest BCUT2D eigenvalue weighted by molar-refractivity contribution is 0.0174. The summed E-state index contributed by atoms with van der Waals surface area (Å²) in [5.74, 6) is 0.955. The fourth-order valence-electron chi connectivity index (χ4n) is 3.60. The minimum Gasteiger partial charge on any atom is -0.357 e. The van der Waals surface area contributed by atoms with Gasteiger partial charge in [0, 0.05) is 67.5 Å². The molecule has 2 N–H and O–H groups in total. The molecule has 1 aromatic rings. The Balaban J connectivity index is 1.53. The maximum absolute atomic E-state index is 4.87. The molecule has 0 radical (unpaired) electrons. The lowest BCUT2D eigenvalue weighted by Gasteiger charge is -2.47. The summed E-state index contributed by atoms with van der Waals surface area (Å²) < 4.78 is 0. The first-order chi connectivity index (χ1) is 11.6. The van der Waals surface area contributed by atoms with Crippen molar-refractivity contribution in [3.05, 3.63) is 21.9 Å². The first-order valence-electron chi connectivity index (χ1n) is 9.20. The van der Waals surface area contributed by atoms with Gasteiger partial charge < -0.3 is 10.6 Å². The fourth-order valence-corrected chi connectivity index (χ4v) is 4.61. The number of hydrogen-bond donors (Lipinski definition) is 2. The molecule has 3 saturated heterocycles. The molecule has 0 saturated carbocycles. The first-order valence-corrected chi connectivity index (χ1v) is 10.0. The molecular formula is C18H31N5S. The highest BCUT2D eigenvalue weighted by molar-refractivity contribution is 7.11. The number of piperazine rings is 3. The highest BCUT2D eigenvalue weighted by Crippen LogP contribution is 2.17. The van der Waals surface area contributed by atoms with Crippen LogP contribution < -0.4 is 10.6 Å². The van der Waals surface area contributed by atoms with Crippen LogP contribution in [-0.2, 0) is 6.42 Å². The molecule has 2 atom stereocenters. The number of aliphatic imine (C=N–C) groups is 1. The standard InChI is InChI=1S/C18H31N5S/c1-4-19-18(21-14(2)11-17-6-5-15(3)24-17)20-12-16-13-22-7-9-23(16)10-8-22/h5-6,14,16H,4,7-13H2,1-3H3,(H2,19,20,21). The molecule has 134 valence electrons. The number of thiophene rings is 1. The Hall–Kier alpha value is -1.11. The van der Waals surface area contributed by atoms with Crippen molar-refractivity contribution in [3.63, 3.8) is 0 Å². The summed E-state index contributed by atoms with van der Waals surface area (Å²) in [5, 5.41) is 6.97. The van der Waals surface area contributed by atoms with E-state index in [2.05, 4.69) is 53.3 Å². The van der Waals surface area contributed by atoms with Gasteiger partial charge in [-0.25, -0.2) is 0 Å². The largest absolute Gasteiger partial charge is 0.357 e. The van der Waals surface area contributed by atoms with E-state index in [0.717, 1.165) is 25.5 Å². The second-order valence-electron chi connectivity index (χ2n) is 6.97. The summed E-state index contributed by atoms with van der Waals surface area (Å²) in [7, 11) is 0. The molecule has 4 rings (SSSR count). The molecule has 0 aliphatic carbocycles. The van der Waals surface area contributed by atoms with Gasteiger partial charge in [-0.05, 0) is 32.9 Å². The lowest BCUT2D eigenvalue weighted by Crippen LogP contribution is -2.62. The fraction of sp³-hybridized carbons (Fsp3) is 0.722. The van der Waals surface area contributed by atoms with Crippen LogP contribution in [0, 0.1) is 6.92 Å². The van der Waals surface area contributed by atoms with Gasteiger partial charge in [-0.15, -0.1) is 11.3 Å². The average molecular weight is 350 g/mol. The van der Waals surface area contributed by atoms with Crippen LogP contribution >= 0.6 is 11.3 Å². The number of hydrogen-bond acceptors (Lipinski definition) is 4.